The first-order valence-electron chi connectivity index (χ1n) is 19.2. The zero-order valence-corrected chi connectivity index (χ0v) is 32.7. The fourth-order valence-electron chi connectivity index (χ4n) is 7.20. The van der Waals surface area contributed by atoms with E-state index in [1.54, 1.807) is 37.3 Å². The van der Waals surface area contributed by atoms with Crippen molar-refractivity contribution in [2.45, 2.75) is 38.0 Å². The lowest BCUT2D eigenvalue weighted by Crippen LogP contribution is -2.54. The molecule has 6 amide bonds. The molecule has 2 saturated heterocycles. The van der Waals surface area contributed by atoms with Crippen molar-refractivity contribution < 1.29 is 61.6 Å². The van der Waals surface area contributed by atoms with Crippen molar-refractivity contribution in [2.24, 2.45) is 11.7 Å². The number of rotatable bonds is 22. The van der Waals surface area contributed by atoms with Gasteiger partial charge >= 0.3 is 0 Å². The Hall–Kier alpha value is -5.76. The molecule has 4 atom stereocenters. The van der Waals surface area contributed by atoms with E-state index in [2.05, 4.69) is 15.6 Å². The first-order chi connectivity index (χ1) is 28.5. The van der Waals surface area contributed by atoms with Crippen molar-refractivity contribution in [3.8, 4) is 11.6 Å². The number of nitrogens with one attached hydrogen (secondary N) is 2. The highest BCUT2D eigenvalue weighted by Crippen LogP contribution is 2.34. The molecule has 3 aliphatic rings. The number of methoxy groups -OCH3 is 1. The number of carbonyl (C=O) groups excluding carboxylic acids is 6. The maximum Gasteiger partial charge on any atom is 0.264 e. The molecule has 6 rings (SSSR count). The number of alkyl halides is 1. The minimum atomic E-state index is -1.68. The maximum atomic E-state index is 14.9. The molecule has 2 fully saturated rings. The van der Waals surface area contributed by atoms with Crippen molar-refractivity contribution in [3.63, 3.8) is 0 Å². The zero-order valence-electron chi connectivity index (χ0n) is 32.7. The second-order valence-electron chi connectivity index (χ2n) is 14.0. The van der Waals surface area contributed by atoms with Crippen molar-refractivity contribution >= 4 is 51.9 Å². The van der Waals surface area contributed by atoms with Crippen molar-refractivity contribution in [1.82, 2.24) is 20.1 Å². The lowest BCUT2D eigenvalue weighted by molar-refractivity contribution is -0.136. The zero-order chi connectivity index (χ0) is 42.1. The Morgan fingerprint density at radius 1 is 0.949 bits per heavy atom. The third-order valence-electron chi connectivity index (χ3n) is 10.3. The number of benzene rings is 2. The number of anilines is 1. The van der Waals surface area contributed by atoms with Crippen LogP contribution in [0.1, 0.15) is 50.8 Å². The lowest BCUT2D eigenvalue weighted by Gasteiger charge is -2.27. The molecule has 1 aromatic heterocycles. The number of halogens is 1. The van der Waals surface area contributed by atoms with Gasteiger partial charge in [-0.25, -0.2) is 9.37 Å². The van der Waals surface area contributed by atoms with Gasteiger partial charge in [-0.15, -0.1) is 0 Å². The van der Waals surface area contributed by atoms with Gasteiger partial charge in [0.25, 0.3) is 23.6 Å². The molecule has 19 heteroatoms. The van der Waals surface area contributed by atoms with Gasteiger partial charge in [0.2, 0.25) is 17.7 Å². The normalized spacial score (nSPS) is 20.4. The van der Waals surface area contributed by atoms with Crippen molar-refractivity contribution in [2.75, 3.05) is 85.0 Å². The van der Waals surface area contributed by atoms with Gasteiger partial charge in [0.1, 0.15) is 18.4 Å². The van der Waals surface area contributed by atoms with Crippen LogP contribution in [-0.4, -0.2) is 148 Å². The Morgan fingerprint density at radius 3 is 2.32 bits per heavy atom. The topological polar surface area (TPSA) is 227 Å². The molecule has 0 bridgehead atoms. The number of likely N-dealkylation sites (tertiary alicyclic amines) is 1. The van der Waals surface area contributed by atoms with Gasteiger partial charge in [-0.1, -0.05) is 13.0 Å². The first kappa shape index (κ1) is 42.8. The molecule has 1 unspecified atom stereocenters. The molecule has 3 aromatic rings. The Balaban J connectivity index is 0.824. The summed E-state index contributed by atoms with van der Waals surface area (Å²) in [6, 6.07) is 8.13. The number of aromatic nitrogens is 1. The highest BCUT2D eigenvalue weighted by molar-refractivity contribution is 6.25. The molecule has 0 aliphatic carbocycles. The fourth-order valence-corrected chi connectivity index (χ4v) is 7.20. The van der Waals surface area contributed by atoms with Gasteiger partial charge in [0.15, 0.2) is 6.17 Å². The summed E-state index contributed by atoms with van der Waals surface area (Å²) in [5.41, 5.74) is 6.51. The summed E-state index contributed by atoms with van der Waals surface area (Å²) in [6.07, 6.45) is -0.0350. The van der Waals surface area contributed by atoms with Gasteiger partial charge < -0.3 is 44.4 Å². The fraction of sp³-hybridized carbons (Fsp3) is 0.475. The van der Waals surface area contributed by atoms with Crippen LogP contribution in [0.15, 0.2) is 42.6 Å². The van der Waals surface area contributed by atoms with Crippen LogP contribution in [0.25, 0.3) is 10.8 Å². The monoisotopic (exact) mass is 822 g/mol. The van der Waals surface area contributed by atoms with Gasteiger partial charge in [-0.2, -0.15) is 0 Å². The molecule has 0 spiro atoms. The van der Waals surface area contributed by atoms with E-state index in [-0.39, 0.29) is 74.1 Å². The molecule has 2 aromatic carbocycles. The maximum absolute atomic E-state index is 14.9. The van der Waals surface area contributed by atoms with Crippen LogP contribution < -0.4 is 25.8 Å². The number of piperidine rings is 1. The molecule has 0 saturated carbocycles. The van der Waals surface area contributed by atoms with Gasteiger partial charge in [-0.05, 0) is 42.1 Å². The summed E-state index contributed by atoms with van der Waals surface area (Å²) in [7, 11) is 1.42. The highest BCUT2D eigenvalue weighted by Gasteiger charge is 2.47. The predicted molar refractivity (Wildman–Crippen MR) is 207 cm³/mol. The number of hydrogen-bond donors (Lipinski definition) is 3. The van der Waals surface area contributed by atoms with Crippen LogP contribution in [0.5, 0.6) is 11.6 Å². The smallest absolute Gasteiger partial charge is 0.264 e. The van der Waals surface area contributed by atoms with Crippen LogP contribution in [0, 0.1) is 5.92 Å². The molecule has 59 heavy (non-hydrogen) atoms. The summed E-state index contributed by atoms with van der Waals surface area (Å²) in [5.74, 6) is -3.66. The predicted octanol–water partition coefficient (Wildman–Crippen LogP) is 1.49. The van der Waals surface area contributed by atoms with Gasteiger partial charge in [0, 0.05) is 42.7 Å². The standard InChI is InChI=1S/C40H47FN6O12/c1-23-30(22-59-37-26-21-31(54-2)27(35(42)49)20-24(26)8-9-44-37)46(40(53)34(23)41)11-13-56-15-17-58-19-18-57-16-14-55-12-10-43-28-5-3-4-25-33(28)39(52)47(38(25)51)29-6-7-32(48)45-36(29)50/h3-5,8-9,20-21,23,29-30,34,43H,6-7,10-19,22H2,1-2H3,(H2,42,49)(H,45,48,50)/t23-,29?,30+,34-/m0/s1. The largest absolute Gasteiger partial charge is 0.496 e. The summed E-state index contributed by atoms with van der Waals surface area (Å²) < 4.78 is 48.5. The van der Waals surface area contributed by atoms with Crippen LogP contribution >= 0.6 is 0 Å². The average molecular weight is 823 g/mol. The lowest BCUT2D eigenvalue weighted by atomic mass is 10.0. The number of carbonyl (C=O) groups is 6. The van der Waals surface area contributed by atoms with Crippen LogP contribution in [0.3, 0.4) is 0 Å². The first-order valence-corrected chi connectivity index (χ1v) is 19.2. The van der Waals surface area contributed by atoms with E-state index in [1.165, 1.54) is 24.3 Å². The Bertz CT molecular complexity index is 2070. The number of hydrogen-bond acceptors (Lipinski definition) is 14. The minimum Gasteiger partial charge on any atom is -0.496 e. The summed E-state index contributed by atoms with van der Waals surface area (Å²) in [5, 5.41) is 6.52. The third kappa shape index (κ3) is 9.76. The van der Waals surface area contributed by atoms with Crippen LogP contribution in [-0.2, 0) is 33.3 Å². The number of fused-ring (bicyclic) bond motifs is 2. The van der Waals surface area contributed by atoms with Crippen molar-refractivity contribution in [3.05, 3.63) is 59.3 Å². The van der Waals surface area contributed by atoms with E-state index in [0.717, 1.165) is 4.90 Å². The number of primary amides is 1. The molecule has 3 aliphatic heterocycles. The number of amides is 6. The number of pyridine rings is 1. The molecule has 4 heterocycles. The van der Waals surface area contributed by atoms with Crippen LogP contribution in [0.4, 0.5) is 10.1 Å². The van der Waals surface area contributed by atoms with Crippen molar-refractivity contribution in [1.29, 1.82) is 0 Å². The van der Waals surface area contributed by atoms with E-state index >= 15 is 0 Å². The second kappa shape index (κ2) is 19.8. The number of ether oxygens (including phenoxy) is 6. The summed E-state index contributed by atoms with van der Waals surface area (Å²) in [6.45, 7) is 4.39. The van der Waals surface area contributed by atoms with E-state index in [0.29, 0.717) is 56.0 Å². The summed E-state index contributed by atoms with van der Waals surface area (Å²) >= 11 is 0. The molecule has 0 radical (unpaired) electrons. The van der Waals surface area contributed by atoms with E-state index in [4.69, 9.17) is 34.2 Å². The third-order valence-corrected chi connectivity index (χ3v) is 10.3. The number of imide groups is 2. The number of nitrogens with two attached hydrogens (primary N) is 1. The molecular weight excluding hydrogens is 775 g/mol. The second-order valence-corrected chi connectivity index (χ2v) is 14.0. The van der Waals surface area contributed by atoms with Gasteiger partial charge in [-0.3, -0.25) is 39.0 Å². The molecular formula is C40H47FN6O12. The molecule has 316 valence electrons. The molecule has 4 N–H and O–H groups in total. The Labute approximate surface area is 338 Å². The highest BCUT2D eigenvalue weighted by atomic mass is 19.1. The van der Waals surface area contributed by atoms with E-state index in [9.17, 15) is 33.2 Å². The van der Waals surface area contributed by atoms with E-state index in [1.807, 2.05) is 0 Å². The van der Waals surface area contributed by atoms with Gasteiger partial charge in [0.05, 0.1) is 82.7 Å². The minimum absolute atomic E-state index is 0.0142. The average Bonchev–Trinajstić information content (AvgIpc) is 3.60. The Kier molecular flexibility index (Phi) is 14.4. The SMILES string of the molecule is COc1cc2c(OC[C@@H]3[C@H](C)[C@H](F)C(=O)N3CCOCCOCCOCCOCCNc3cccc4c3C(=O)N(C3CCC(=O)NC3=O)C4=O)nccc2cc1C(N)=O. The van der Waals surface area contributed by atoms with Crippen LogP contribution in [0.2, 0.25) is 0 Å². The van der Waals surface area contributed by atoms with E-state index < -0.39 is 59.6 Å². The quantitative estimate of drug-likeness (QED) is 0.0965. The number of nitrogens with zero attached hydrogens (tertiary/aromatic N) is 3. The Morgan fingerprint density at radius 2 is 1.64 bits per heavy atom. The molecule has 18 nitrogen and oxygen atoms in total. The summed E-state index contributed by atoms with van der Waals surface area (Å²) in [4.78, 5) is 81.4.